The summed E-state index contributed by atoms with van der Waals surface area (Å²) in [5.74, 6) is 0.163. The normalized spacial score (nSPS) is 24.5. The zero-order chi connectivity index (χ0) is 9.68. The molecule has 2 unspecified atom stereocenters. The van der Waals surface area contributed by atoms with E-state index in [9.17, 15) is 0 Å². The third kappa shape index (κ3) is 4.02. The highest BCUT2D eigenvalue weighted by Gasteiger charge is 2.15. The SMILES string of the molecule is CC(COCC1CCCO1)C(N)=S. The molecule has 4 heteroatoms. The molecular weight excluding hydrogens is 186 g/mol. The maximum atomic E-state index is 5.45. The van der Waals surface area contributed by atoms with Crippen molar-refractivity contribution in [3.8, 4) is 0 Å². The molecule has 2 N–H and O–H groups in total. The first-order valence-electron chi connectivity index (χ1n) is 4.69. The number of nitrogens with two attached hydrogens (primary N) is 1. The van der Waals surface area contributed by atoms with Gasteiger partial charge in [0.2, 0.25) is 0 Å². The first kappa shape index (κ1) is 10.9. The largest absolute Gasteiger partial charge is 0.393 e. The lowest BCUT2D eigenvalue weighted by atomic mass is 10.2. The first-order chi connectivity index (χ1) is 6.20. The maximum absolute atomic E-state index is 5.45. The van der Waals surface area contributed by atoms with Crippen LogP contribution in [0.25, 0.3) is 0 Å². The van der Waals surface area contributed by atoms with Gasteiger partial charge in [-0.1, -0.05) is 19.1 Å². The Morgan fingerprint density at radius 1 is 1.77 bits per heavy atom. The average Bonchev–Trinajstić information content (AvgIpc) is 2.56. The van der Waals surface area contributed by atoms with E-state index >= 15 is 0 Å². The Balaban J connectivity index is 2.02. The monoisotopic (exact) mass is 203 g/mol. The predicted octanol–water partition coefficient (Wildman–Crippen LogP) is 1.10. The predicted molar refractivity (Wildman–Crippen MR) is 55.7 cm³/mol. The molecule has 0 bridgehead atoms. The summed E-state index contributed by atoms with van der Waals surface area (Å²) in [5.41, 5.74) is 5.45. The third-order valence-electron chi connectivity index (χ3n) is 2.18. The van der Waals surface area contributed by atoms with E-state index < -0.39 is 0 Å². The molecule has 0 aromatic heterocycles. The van der Waals surface area contributed by atoms with Gasteiger partial charge in [-0.2, -0.15) is 0 Å². The maximum Gasteiger partial charge on any atom is 0.0809 e. The molecule has 1 fully saturated rings. The van der Waals surface area contributed by atoms with E-state index in [1.165, 1.54) is 0 Å². The van der Waals surface area contributed by atoms with Crippen LogP contribution >= 0.6 is 12.2 Å². The van der Waals surface area contributed by atoms with Crippen LogP contribution in [0.3, 0.4) is 0 Å². The molecular formula is C9H17NO2S. The summed E-state index contributed by atoms with van der Waals surface area (Å²) >= 11 is 4.83. The molecule has 0 aliphatic carbocycles. The quantitative estimate of drug-likeness (QED) is 0.680. The van der Waals surface area contributed by atoms with Gasteiger partial charge in [0.05, 0.1) is 24.3 Å². The molecule has 0 spiro atoms. The van der Waals surface area contributed by atoms with E-state index in [1.807, 2.05) is 6.92 Å². The van der Waals surface area contributed by atoms with Crippen LogP contribution in [0.1, 0.15) is 19.8 Å². The van der Waals surface area contributed by atoms with Crippen LogP contribution in [-0.4, -0.2) is 30.9 Å². The molecule has 1 aliphatic heterocycles. The highest BCUT2D eigenvalue weighted by atomic mass is 32.1. The molecule has 3 nitrogen and oxygen atoms in total. The van der Waals surface area contributed by atoms with Crippen LogP contribution in [0, 0.1) is 5.92 Å². The fraction of sp³-hybridized carbons (Fsp3) is 0.889. The van der Waals surface area contributed by atoms with Crippen LogP contribution < -0.4 is 5.73 Å². The summed E-state index contributed by atoms with van der Waals surface area (Å²) in [6, 6.07) is 0. The lowest BCUT2D eigenvalue weighted by Crippen LogP contribution is -2.25. The lowest BCUT2D eigenvalue weighted by molar-refractivity contribution is 0.0128. The molecule has 1 heterocycles. The zero-order valence-electron chi connectivity index (χ0n) is 7.99. The Kier molecular flexibility index (Phi) is 4.62. The Bertz CT molecular complexity index is 169. The second-order valence-electron chi connectivity index (χ2n) is 3.48. The Morgan fingerprint density at radius 2 is 2.54 bits per heavy atom. The van der Waals surface area contributed by atoms with E-state index in [0.717, 1.165) is 19.4 Å². The van der Waals surface area contributed by atoms with Crippen molar-refractivity contribution in [2.45, 2.75) is 25.9 Å². The van der Waals surface area contributed by atoms with Gasteiger partial charge in [-0.15, -0.1) is 0 Å². The molecule has 1 aliphatic rings. The molecule has 13 heavy (non-hydrogen) atoms. The molecule has 2 atom stereocenters. The van der Waals surface area contributed by atoms with Gasteiger partial charge >= 0.3 is 0 Å². The van der Waals surface area contributed by atoms with E-state index in [2.05, 4.69) is 0 Å². The van der Waals surface area contributed by atoms with Crippen molar-refractivity contribution < 1.29 is 9.47 Å². The molecule has 1 rings (SSSR count). The Hall–Kier alpha value is -0.190. The second kappa shape index (κ2) is 5.52. The van der Waals surface area contributed by atoms with Crippen LogP contribution in [-0.2, 0) is 9.47 Å². The Morgan fingerprint density at radius 3 is 3.08 bits per heavy atom. The number of ether oxygens (including phenoxy) is 2. The smallest absolute Gasteiger partial charge is 0.0809 e. The van der Waals surface area contributed by atoms with Gasteiger partial charge in [-0.05, 0) is 12.8 Å². The Labute approximate surface area is 84.6 Å². The second-order valence-corrected chi connectivity index (χ2v) is 3.95. The van der Waals surface area contributed by atoms with Crippen molar-refractivity contribution in [2.75, 3.05) is 19.8 Å². The number of thiocarbonyl (C=S) groups is 1. The molecule has 0 radical (unpaired) electrons. The minimum Gasteiger partial charge on any atom is -0.393 e. The summed E-state index contributed by atoms with van der Waals surface area (Å²) in [7, 11) is 0. The molecule has 0 aromatic rings. The van der Waals surface area contributed by atoms with Crippen LogP contribution in [0.4, 0.5) is 0 Å². The third-order valence-corrected chi connectivity index (χ3v) is 2.58. The first-order valence-corrected chi connectivity index (χ1v) is 5.09. The summed E-state index contributed by atoms with van der Waals surface area (Å²) in [6.07, 6.45) is 2.55. The molecule has 0 amide bonds. The van der Waals surface area contributed by atoms with Crippen molar-refractivity contribution in [1.29, 1.82) is 0 Å². The highest BCUT2D eigenvalue weighted by Crippen LogP contribution is 2.12. The van der Waals surface area contributed by atoms with Crippen molar-refractivity contribution in [1.82, 2.24) is 0 Å². The summed E-state index contributed by atoms with van der Waals surface area (Å²) in [6.45, 7) is 4.12. The average molecular weight is 203 g/mol. The van der Waals surface area contributed by atoms with Crippen molar-refractivity contribution in [3.63, 3.8) is 0 Å². The van der Waals surface area contributed by atoms with Crippen molar-refractivity contribution in [2.24, 2.45) is 11.7 Å². The zero-order valence-corrected chi connectivity index (χ0v) is 8.81. The fourth-order valence-corrected chi connectivity index (χ4v) is 1.30. The van der Waals surface area contributed by atoms with Gasteiger partial charge in [0, 0.05) is 12.5 Å². The van der Waals surface area contributed by atoms with Crippen LogP contribution in [0.15, 0.2) is 0 Å². The van der Waals surface area contributed by atoms with Gasteiger partial charge in [-0.3, -0.25) is 0 Å². The lowest BCUT2D eigenvalue weighted by Gasteiger charge is -2.13. The van der Waals surface area contributed by atoms with Crippen molar-refractivity contribution >= 4 is 17.2 Å². The standard InChI is InChI=1S/C9H17NO2S/c1-7(9(10)13)5-11-6-8-3-2-4-12-8/h7-8H,2-6H2,1H3,(H2,10,13). The van der Waals surface area contributed by atoms with Crippen LogP contribution in [0.2, 0.25) is 0 Å². The minimum absolute atomic E-state index is 0.163. The summed E-state index contributed by atoms with van der Waals surface area (Å²) < 4.78 is 10.9. The van der Waals surface area contributed by atoms with Gasteiger partial charge in [-0.25, -0.2) is 0 Å². The molecule has 76 valence electrons. The van der Waals surface area contributed by atoms with E-state index in [0.29, 0.717) is 24.3 Å². The topological polar surface area (TPSA) is 44.5 Å². The van der Waals surface area contributed by atoms with Crippen LogP contribution in [0.5, 0.6) is 0 Å². The molecule has 1 saturated heterocycles. The number of hydrogen-bond donors (Lipinski definition) is 1. The van der Waals surface area contributed by atoms with Gasteiger partial charge in [0.15, 0.2) is 0 Å². The molecule has 0 saturated carbocycles. The van der Waals surface area contributed by atoms with Gasteiger partial charge < -0.3 is 15.2 Å². The summed E-state index contributed by atoms with van der Waals surface area (Å²) in [5, 5.41) is 0. The fourth-order valence-electron chi connectivity index (χ4n) is 1.23. The van der Waals surface area contributed by atoms with Gasteiger partial charge in [0.1, 0.15) is 0 Å². The number of rotatable bonds is 5. The van der Waals surface area contributed by atoms with E-state index in [4.69, 9.17) is 27.4 Å². The number of hydrogen-bond acceptors (Lipinski definition) is 3. The van der Waals surface area contributed by atoms with Crippen molar-refractivity contribution in [3.05, 3.63) is 0 Å². The van der Waals surface area contributed by atoms with E-state index in [-0.39, 0.29) is 5.92 Å². The summed E-state index contributed by atoms with van der Waals surface area (Å²) in [4.78, 5) is 0.521. The minimum atomic E-state index is 0.163. The van der Waals surface area contributed by atoms with Gasteiger partial charge in [0.25, 0.3) is 0 Å². The molecule has 0 aromatic carbocycles. The highest BCUT2D eigenvalue weighted by molar-refractivity contribution is 7.80. The van der Waals surface area contributed by atoms with E-state index in [1.54, 1.807) is 0 Å².